The van der Waals surface area contributed by atoms with Crippen molar-refractivity contribution < 1.29 is 4.74 Å². The second kappa shape index (κ2) is 6.12. The van der Waals surface area contributed by atoms with Crippen molar-refractivity contribution in [2.75, 3.05) is 19.8 Å². The third kappa shape index (κ3) is 3.05. The van der Waals surface area contributed by atoms with Gasteiger partial charge in [-0.15, -0.1) is 0 Å². The Labute approximate surface area is 104 Å². The van der Waals surface area contributed by atoms with Crippen LogP contribution in [0.15, 0.2) is 18.5 Å². The lowest BCUT2D eigenvalue weighted by atomic mass is 9.86. The number of aromatic nitrogens is 1. The molecule has 0 aliphatic carbocycles. The molecule has 2 rings (SSSR count). The molecule has 17 heavy (non-hydrogen) atoms. The van der Waals surface area contributed by atoms with E-state index >= 15 is 0 Å². The molecule has 1 aromatic rings. The molecule has 1 aliphatic rings. The van der Waals surface area contributed by atoms with E-state index in [0.717, 1.165) is 32.6 Å². The van der Waals surface area contributed by atoms with E-state index in [1.54, 1.807) is 0 Å². The summed E-state index contributed by atoms with van der Waals surface area (Å²) < 4.78 is 5.45. The molecule has 1 N–H and O–H groups in total. The minimum atomic E-state index is 0.451. The average Bonchev–Trinajstić information content (AvgIpc) is 2.38. The second-order valence-corrected chi connectivity index (χ2v) is 4.72. The van der Waals surface area contributed by atoms with Gasteiger partial charge >= 0.3 is 0 Å². The summed E-state index contributed by atoms with van der Waals surface area (Å²) >= 11 is 0. The van der Waals surface area contributed by atoms with Gasteiger partial charge in [0.15, 0.2) is 0 Å². The van der Waals surface area contributed by atoms with E-state index in [1.165, 1.54) is 11.1 Å². The summed E-state index contributed by atoms with van der Waals surface area (Å²) in [6.45, 7) is 7.12. The maximum atomic E-state index is 5.45. The van der Waals surface area contributed by atoms with Crippen molar-refractivity contribution in [3.8, 4) is 0 Å². The van der Waals surface area contributed by atoms with Crippen LogP contribution >= 0.6 is 0 Å². The van der Waals surface area contributed by atoms with Gasteiger partial charge in [-0.05, 0) is 49.4 Å². The van der Waals surface area contributed by atoms with Crippen molar-refractivity contribution in [3.05, 3.63) is 29.6 Å². The minimum absolute atomic E-state index is 0.451. The van der Waals surface area contributed by atoms with Gasteiger partial charge in [0.05, 0.1) is 0 Å². The quantitative estimate of drug-likeness (QED) is 0.869. The zero-order chi connectivity index (χ0) is 12.1. The topological polar surface area (TPSA) is 34.2 Å². The van der Waals surface area contributed by atoms with Gasteiger partial charge in [0, 0.05) is 31.6 Å². The average molecular weight is 234 g/mol. The molecule has 1 aliphatic heterocycles. The second-order valence-electron chi connectivity index (χ2n) is 4.72. The van der Waals surface area contributed by atoms with E-state index in [-0.39, 0.29) is 0 Å². The Bertz CT molecular complexity index is 348. The molecule has 2 heterocycles. The van der Waals surface area contributed by atoms with Gasteiger partial charge in [-0.1, -0.05) is 6.92 Å². The summed E-state index contributed by atoms with van der Waals surface area (Å²) in [6, 6.07) is 2.60. The van der Waals surface area contributed by atoms with Crippen LogP contribution in [-0.4, -0.2) is 24.7 Å². The number of hydrogen-bond donors (Lipinski definition) is 1. The molecular weight excluding hydrogens is 212 g/mol. The first-order valence-electron chi connectivity index (χ1n) is 6.54. The first-order valence-corrected chi connectivity index (χ1v) is 6.54. The highest BCUT2D eigenvalue weighted by atomic mass is 16.5. The van der Waals surface area contributed by atoms with Crippen molar-refractivity contribution in [1.29, 1.82) is 0 Å². The number of nitrogens with zero attached hydrogens (tertiary/aromatic N) is 1. The number of pyridine rings is 1. The largest absolute Gasteiger partial charge is 0.381 e. The third-order valence-electron chi connectivity index (χ3n) is 3.56. The summed E-state index contributed by atoms with van der Waals surface area (Å²) in [5, 5.41) is 3.63. The molecule has 1 unspecified atom stereocenters. The van der Waals surface area contributed by atoms with Crippen LogP contribution < -0.4 is 5.32 Å². The van der Waals surface area contributed by atoms with Crippen molar-refractivity contribution in [2.45, 2.75) is 32.7 Å². The lowest BCUT2D eigenvalue weighted by Crippen LogP contribution is -2.32. The van der Waals surface area contributed by atoms with Gasteiger partial charge < -0.3 is 10.1 Å². The van der Waals surface area contributed by atoms with Crippen LogP contribution in [0.1, 0.15) is 36.9 Å². The molecule has 0 saturated carbocycles. The molecule has 0 amide bonds. The number of hydrogen-bond acceptors (Lipinski definition) is 3. The van der Waals surface area contributed by atoms with E-state index < -0.39 is 0 Å². The van der Waals surface area contributed by atoms with E-state index in [0.29, 0.717) is 12.0 Å². The molecule has 1 fully saturated rings. The number of ether oxygens (including phenoxy) is 1. The molecule has 1 saturated heterocycles. The Kier molecular flexibility index (Phi) is 4.51. The van der Waals surface area contributed by atoms with Crippen LogP contribution in [0.25, 0.3) is 0 Å². The molecule has 1 atom stereocenters. The fraction of sp³-hybridized carbons (Fsp3) is 0.643. The van der Waals surface area contributed by atoms with Crippen LogP contribution in [0.2, 0.25) is 0 Å². The van der Waals surface area contributed by atoms with Gasteiger partial charge in [-0.2, -0.15) is 0 Å². The maximum Gasteiger partial charge on any atom is 0.0469 e. The zero-order valence-electron chi connectivity index (χ0n) is 10.8. The molecule has 0 radical (unpaired) electrons. The maximum absolute atomic E-state index is 5.45. The highest BCUT2D eigenvalue weighted by Crippen LogP contribution is 2.31. The monoisotopic (exact) mass is 234 g/mol. The SMILES string of the molecule is CCNC(c1ccncc1C)C1CCOCC1. The zero-order valence-corrected chi connectivity index (χ0v) is 10.8. The van der Waals surface area contributed by atoms with Gasteiger partial charge in [0.1, 0.15) is 0 Å². The summed E-state index contributed by atoms with van der Waals surface area (Å²) in [5.74, 6) is 0.685. The van der Waals surface area contributed by atoms with Crippen molar-refractivity contribution in [1.82, 2.24) is 10.3 Å². The Morgan fingerprint density at radius 3 is 2.88 bits per heavy atom. The van der Waals surface area contributed by atoms with Gasteiger partial charge in [0.25, 0.3) is 0 Å². The van der Waals surface area contributed by atoms with E-state index in [2.05, 4.69) is 30.2 Å². The van der Waals surface area contributed by atoms with Crippen molar-refractivity contribution in [2.24, 2.45) is 5.92 Å². The number of aryl methyl sites for hydroxylation is 1. The van der Waals surface area contributed by atoms with E-state index in [9.17, 15) is 0 Å². The van der Waals surface area contributed by atoms with E-state index in [4.69, 9.17) is 4.74 Å². The van der Waals surface area contributed by atoms with Crippen LogP contribution in [0.3, 0.4) is 0 Å². The Hall–Kier alpha value is -0.930. The predicted molar refractivity (Wildman–Crippen MR) is 68.9 cm³/mol. The minimum Gasteiger partial charge on any atom is -0.381 e. The Morgan fingerprint density at radius 2 is 2.24 bits per heavy atom. The fourth-order valence-electron chi connectivity index (χ4n) is 2.63. The summed E-state index contributed by atoms with van der Waals surface area (Å²) in [4.78, 5) is 4.18. The van der Waals surface area contributed by atoms with Gasteiger partial charge in [0.2, 0.25) is 0 Å². The molecule has 0 aromatic carbocycles. The third-order valence-corrected chi connectivity index (χ3v) is 3.56. The number of nitrogens with one attached hydrogen (secondary N) is 1. The van der Waals surface area contributed by atoms with Crippen LogP contribution in [-0.2, 0) is 4.74 Å². The number of rotatable bonds is 4. The first kappa shape index (κ1) is 12.5. The van der Waals surface area contributed by atoms with Crippen LogP contribution in [0, 0.1) is 12.8 Å². The van der Waals surface area contributed by atoms with E-state index in [1.807, 2.05) is 12.4 Å². The van der Waals surface area contributed by atoms with Gasteiger partial charge in [-0.3, -0.25) is 4.98 Å². The molecule has 1 aromatic heterocycles. The molecule has 94 valence electrons. The molecule has 0 bridgehead atoms. The summed E-state index contributed by atoms with van der Waals surface area (Å²) in [6.07, 6.45) is 6.16. The lowest BCUT2D eigenvalue weighted by Gasteiger charge is -2.32. The first-order chi connectivity index (χ1) is 8.33. The molecule has 3 nitrogen and oxygen atoms in total. The van der Waals surface area contributed by atoms with Crippen LogP contribution in [0.4, 0.5) is 0 Å². The highest BCUT2D eigenvalue weighted by Gasteiger charge is 2.25. The smallest absolute Gasteiger partial charge is 0.0469 e. The molecule has 3 heteroatoms. The van der Waals surface area contributed by atoms with Crippen LogP contribution in [0.5, 0.6) is 0 Å². The van der Waals surface area contributed by atoms with Gasteiger partial charge in [-0.25, -0.2) is 0 Å². The summed E-state index contributed by atoms with van der Waals surface area (Å²) in [5.41, 5.74) is 2.68. The van der Waals surface area contributed by atoms with Crippen molar-refractivity contribution >= 4 is 0 Å². The standard InChI is InChI=1S/C14H22N2O/c1-3-16-14(12-5-8-17-9-6-12)13-4-7-15-10-11(13)2/h4,7,10,12,14,16H,3,5-6,8-9H2,1-2H3. The molecule has 0 spiro atoms. The Balaban J connectivity index is 2.18. The Morgan fingerprint density at radius 1 is 1.47 bits per heavy atom. The fourth-order valence-corrected chi connectivity index (χ4v) is 2.63. The summed E-state index contributed by atoms with van der Waals surface area (Å²) in [7, 11) is 0. The normalized spacial score (nSPS) is 19.2. The highest BCUT2D eigenvalue weighted by molar-refractivity contribution is 5.26. The van der Waals surface area contributed by atoms with Crippen molar-refractivity contribution in [3.63, 3.8) is 0 Å². The lowest BCUT2D eigenvalue weighted by molar-refractivity contribution is 0.0537. The molecular formula is C14H22N2O. The predicted octanol–water partition coefficient (Wildman–Crippen LogP) is 2.47.